The van der Waals surface area contributed by atoms with E-state index < -0.39 is 0 Å². The van der Waals surface area contributed by atoms with Crippen LogP contribution in [0.5, 0.6) is 0 Å². The highest BCUT2D eigenvalue weighted by molar-refractivity contribution is 6.05. The molecule has 1 aliphatic rings. The van der Waals surface area contributed by atoms with E-state index in [2.05, 4.69) is 26.8 Å². The van der Waals surface area contributed by atoms with Gasteiger partial charge in [0.15, 0.2) is 5.69 Å². The first-order valence-electron chi connectivity index (χ1n) is 6.25. The van der Waals surface area contributed by atoms with Gasteiger partial charge in [-0.1, -0.05) is 18.2 Å². The summed E-state index contributed by atoms with van der Waals surface area (Å²) in [5.41, 5.74) is 2.44. The van der Waals surface area contributed by atoms with Gasteiger partial charge >= 0.3 is 0 Å². The van der Waals surface area contributed by atoms with Crippen molar-refractivity contribution in [1.29, 1.82) is 0 Å². The molecule has 6 heteroatoms. The van der Waals surface area contributed by atoms with E-state index in [-0.39, 0.29) is 11.9 Å². The molecule has 0 radical (unpaired) electrons. The average Bonchev–Trinajstić information content (AvgIpc) is 2.99. The molecule has 6 nitrogen and oxygen atoms in total. The minimum atomic E-state index is -0.115. The Morgan fingerprint density at radius 1 is 1.47 bits per heavy atom. The van der Waals surface area contributed by atoms with E-state index in [1.807, 2.05) is 25.2 Å². The van der Waals surface area contributed by atoms with Crippen LogP contribution in [0.15, 0.2) is 30.5 Å². The summed E-state index contributed by atoms with van der Waals surface area (Å²) < 4.78 is 0. The van der Waals surface area contributed by atoms with E-state index in [0.29, 0.717) is 12.2 Å². The van der Waals surface area contributed by atoms with Crippen LogP contribution >= 0.6 is 0 Å². The van der Waals surface area contributed by atoms with Gasteiger partial charge in [0.2, 0.25) is 0 Å². The lowest BCUT2D eigenvalue weighted by Crippen LogP contribution is -2.39. The number of hydrogen-bond acceptors (Lipinski definition) is 4. The molecule has 1 aromatic heterocycles. The fourth-order valence-electron chi connectivity index (χ4n) is 2.52. The first-order chi connectivity index (χ1) is 9.31. The van der Waals surface area contributed by atoms with Gasteiger partial charge in [-0.15, -0.1) is 0 Å². The van der Waals surface area contributed by atoms with E-state index in [1.165, 1.54) is 6.20 Å². The fourth-order valence-corrected chi connectivity index (χ4v) is 2.52. The SMILES string of the molecule is CNC1CCN(C(=O)c2cn[nH]n2)c2ccccc21. The van der Waals surface area contributed by atoms with E-state index in [9.17, 15) is 4.79 Å². The lowest BCUT2D eigenvalue weighted by Gasteiger charge is -2.33. The summed E-state index contributed by atoms with van der Waals surface area (Å²) >= 11 is 0. The number of aromatic amines is 1. The Morgan fingerprint density at radius 2 is 2.32 bits per heavy atom. The smallest absolute Gasteiger partial charge is 0.280 e. The molecule has 2 N–H and O–H groups in total. The van der Waals surface area contributed by atoms with Crippen LogP contribution in [0.4, 0.5) is 5.69 Å². The molecule has 2 aromatic rings. The molecular formula is C13H15N5O. The first-order valence-corrected chi connectivity index (χ1v) is 6.25. The van der Waals surface area contributed by atoms with E-state index in [0.717, 1.165) is 17.7 Å². The number of aromatic nitrogens is 3. The number of rotatable bonds is 2. The van der Waals surface area contributed by atoms with Crippen molar-refractivity contribution in [3.05, 3.63) is 41.7 Å². The Balaban J connectivity index is 1.98. The van der Waals surface area contributed by atoms with Crippen molar-refractivity contribution >= 4 is 11.6 Å². The number of benzene rings is 1. The van der Waals surface area contributed by atoms with Crippen LogP contribution in [0.3, 0.4) is 0 Å². The monoisotopic (exact) mass is 257 g/mol. The quantitative estimate of drug-likeness (QED) is 0.845. The standard InChI is InChI=1S/C13H15N5O/c1-14-10-6-7-18(12-5-3-2-4-9(10)12)13(19)11-8-15-17-16-11/h2-5,8,10,14H,6-7H2,1H3,(H,15,16,17). The van der Waals surface area contributed by atoms with Crippen LogP contribution in [0.1, 0.15) is 28.5 Å². The Bertz CT molecular complexity index is 580. The molecule has 1 aliphatic heterocycles. The zero-order chi connectivity index (χ0) is 13.2. The summed E-state index contributed by atoms with van der Waals surface area (Å²) in [5, 5.41) is 13.3. The van der Waals surface area contributed by atoms with E-state index in [4.69, 9.17) is 0 Å². The molecule has 0 spiro atoms. The lowest BCUT2D eigenvalue weighted by atomic mass is 9.96. The molecular weight excluding hydrogens is 242 g/mol. The Morgan fingerprint density at radius 3 is 3.05 bits per heavy atom. The van der Waals surface area contributed by atoms with Gasteiger partial charge in [-0.05, 0) is 25.1 Å². The second-order valence-corrected chi connectivity index (χ2v) is 4.50. The number of anilines is 1. The molecule has 1 amide bonds. The minimum Gasteiger partial charge on any atom is -0.313 e. The second-order valence-electron chi connectivity index (χ2n) is 4.50. The largest absolute Gasteiger partial charge is 0.313 e. The third-order valence-electron chi connectivity index (χ3n) is 3.47. The van der Waals surface area contributed by atoms with Gasteiger partial charge in [-0.3, -0.25) is 4.79 Å². The van der Waals surface area contributed by atoms with Crippen molar-refractivity contribution in [2.24, 2.45) is 0 Å². The molecule has 19 heavy (non-hydrogen) atoms. The van der Waals surface area contributed by atoms with Crippen LogP contribution < -0.4 is 10.2 Å². The number of H-pyrrole nitrogens is 1. The summed E-state index contributed by atoms with van der Waals surface area (Å²) in [5.74, 6) is -0.115. The number of amides is 1. The Kier molecular flexibility index (Phi) is 3.00. The van der Waals surface area contributed by atoms with Crippen molar-refractivity contribution in [2.75, 3.05) is 18.5 Å². The summed E-state index contributed by atoms with van der Waals surface area (Å²) in [4.78, 5) is 14.2. The average molecular weight is 257 g/mol. The van der Waals surface area contributed by atoms with Gasteiger partial charge in [-0.2, -0.15) is 15.4 Å². The highest BCUT2D eigenvalue weighted by Gasteiger charge is 2.29. The van der Waals surface area contributed by atoms with Crippen molar-refractivity contribution in [3.8, 4) is 0 Å². The van der Waals surface area contributed by atoms with Gasteiger partial charge in [-0.25, -0.2) is 0 Å². The maximum absolute atomic E-state index is 12.4. The van der Waals surface area contributed by atoms with Crippen molar-refractivity contribution in [2.45, 2.75) is 12.5 Å². The van der Waals surface area contributed by atoms with Crippen LogP contribution in [0.2, 0.25) is 0 Å². The van der Waals surface area contributed by atoms with Crippen molar-refractivity contribution in [3.63, 3.8) is 0 Å². The summed E-state index contributed by atoms with van der Waals surface area (Å²) in [6.45, 7) is 0.675. The molecule has 0 bridgehead atoms. The van der Waals surface area contributed by atoms with E-state index in [1.54, 1.807) is 4.90 Å². The van der Waals surface area contributed by atoms with Crippen LogP contribution in [0.25, 0.3) is 0 Å². The van der Waals surface area contributed by atoms with Gasteiger partial charge in [0.25, 0.3) is 5.91 Å². The van der Waals surface area contributed by atoms with E-state index >= 15 is 0 Å². The van der Waals surface area contributed by atoms with Gasteiger partial charge in [0.1, 0.15) is 0 Å². The lowest BCUT2D eigenvalue weighted by molar-refractivity contribution is 0.0979. The molecule has 0 saturated carbocycles. The molecule has 1 unspecified atom stereocenters. The van der Waals surface area contributed by atoms with Gasteiger partial charge in [0.05, 0.1) is 6.20 Å². The minimum absolute atomic E-state index is 0.115. The number of para-hydroxylation sites is 1. The van der Waals surface area contributed by atoms with Gasteiger partial charge in [0, 0.05) is 18.3 Å². The molecule has 1 atom stereocenters. The normalized spacial score (nSPS) is 18.2. The predicted molar refractivity (Wildman–Crippen MR) is 70.9 cm³/mol. The van der Waals surface area contributed by atoms with Crippen LogP contribution in [-0.2, 0) is 0 Å². The number of carbonyl (C=O) groups is 1. The zero-order valence-electron chi connectivity index (χ0n) is 10.6. The summed E-state index contributed by atoms with van der Waals surface area (Å²) in [6.07, 6.45) is 2.34. The molecule has 1 aromatic carbocycles. The van der Waals surface area contributed by atoms with Crippen molar-refractivity contribution in [1.82, 2.24) is 20.7 Å². The molecule has 3 rings (SSSR count). The highest BCUT2D eigenvalue weighted by Crippen LogP contribution is 2.33. The highest BCUT2D eigenvalue weighted by atomic mass is 16.2. The van der Waals surface area contributed by atoms with Gasteiger partial charge < -0.3 is 10.2 Å². The number of hydrogen-bond donors (Lipinski definition) is 2. The molecule has 98 valence electrons. The summed E-state index contributed by atoms with van der Waals surface area (Å²) in [6, 6.07) is 8.25. The molecule has 0 fully saturated rings. The molecule has 2 heterocycles. The summed E-state index contributed by atoms with van der Waals surface area (Å²) in [7, 11) is 1.94. The zero-order valence-corrected chi connectivity index (χ0v) is 10.6. The predicted octanol–water partition coefficient (Wildman–Crippen LogP) is 1.12. The third-order valence-corrected chi connectivity index (χ3v) is 3.47. The Labute approximate surface area is 110 Å². The van der Waals surface area contributed by atoms with Crippen LogP contribution in [-0.4, -0.2) is 34.9 Å². The fraction of sp³-hybridized carbons (Fsp3) is 0.308. The third kappa shape index (κ3) is 2.00. The molecule has 0 aliphatic carbocycles. The second kappa shape index (κ2) is 4.81. The van der Waals surface area contributed by atoms with Crippen LogP contribution in [0, 0.1) is 0 Å². The first kappa shape index (κ1) is 11.9. The maximum atomic E-state index is 12.4. The van der Waals surface area contributed by atoms with Crippen molar-refractivity contribution < 1.29 is 4.79 Å². The number of fused-ring (bicyclic) bond motifs is 1. The topological polar surface area (TPSA) is 73.9 Å². The number of nitrogens with one attached hydrogen (secondary N) is 2. The Hall–Kier alpha value is -2.21. The maximum Gasteiger partial charge on any atom is 0.280 e. The number of nitrogens with zero attached hydrogens (tertiary/aromatic N) is 3. The molecule has 0 saturated heterocycles. The number of carbonyl (C=O) groups excluding carboxylic acids is 1.